The number of nitrogens with two attached hydrogens (primary N) is 2. The topological polar surface area (TPSA) is 70.5 Å². The molecule has 0 fully saturated rings. The van der Waals surface area contributed by atoms with Gasteiger partial charge < -0.3 is 20.9 Å². The van der Waals surface area contributed by atoms with Gasteiger partial charge in [-0.3, -0.25) is 0 Å². The lowest BCUT2D eigenvalue weighted by molar-refractivity contribution is -0.139. The molecule has 0 aliphatic rings. The van der Waals surface area contributed by atoms with Crippen molar-refractivity contribution in [3.05, 3.63) is 70.3 Å². The fourth-order valence-electron chi connectivity index (χ4n) is 3.00. The van der Waals surface area contributed by atoms with Crippen LogP contribution in [0.15, 0.2) is 30.3 Å². The van der Waals surface area contributed by atoms with Gasteiger partial charge >= 0.3 is 18.5 Å². The summed E-state index contributed by atoms with van der Waals surface area (Å²) in [4.78, 5) is 0. The van der Waals surface area contributed by atoms with E-state index in [9.17, 15) is 57.1 Å². The molecule has 3 aromatic carbocycles. The molecular weight excluding hydrogens is 559 g/mol. The Hall–Kier alpha value is -4.05. The van der Waals surface area contributed by atoms with Crippen LogP contribution in [0.2, 0.25) is 0 Å². The maximum absolute atomic E-state index is 14.4. The van der Waals surface area contributed by atoms with Gasteiger partial charge in [0.15, 0.2) is 23.3 Å². The van der Waals surface area contributed by atoms with Crippen molar-refractivity contribution in [1.82, 2.24) is 0 Å². The summed E-state index contributed by atoms with van der Waals surface area (Å²) in [6.45, 7) is 0. The maximum atomic E-state index is 14.4. The summed E-state index contributed by atoms with van der Waals surface area (Å²) in [5, 5.41) is 0. The summed E-state index contributed by atoms with van der Waals surface area (Å²) >= 11 is 0. The predicted octanol–water partition coefficient (Wildman–Crippen LogP) is 8.05. The first-order chi connectivity index (χ1) is 17.2. The number of alkyl halides is 9. The minimum absolute atomic E-state index is 0.122. The highest BCUT2D eigenvalue weighted by Gasteiger charge is 2.39. The van der Waals surface area contributed by atoms with Gasteiger partial charge in [0.1, 0.15) is 11.5 Å². The quantitative estimate of drug-likeness (QED) is 0.247. The Labute approximate surface area is 202 Å². The average Bonchev–Trinajstić information content (AvgIpc) is 2.77. The molecule has 206 valence electrons. The third-order valence-corrected chi connectivity index (χ3v) is 4.73. The van der Waals surface area contributed by atoms with Crippen LogP contribution < -0.4 is 20.9 Å². The molecule has 0 spiro atoms. The number of hydrogen-bond acceptors (Lipinski definition) is 4. The van der Waals surface area contributed by atoms with E-state index in [4.69, 9.17) is 11.5 Å². The van der Waals surface area contributed by atoms with Crippen molar-refractivity contribution in [2.24, 2.45) is 0 Å². The lowest BCUT2D eigenvalue weighted by Crippen LogP contribution is -2.13. The molecule has 17 heteroatoms. The van der Waals surface area contributed by atoms with E-state index in [2.05, 4.69) is 9.47 Å². The second-order valence-electron chi connectivity index (χ2n) is 7.28. The molecule has 38 heavy (non-hydrogen) atoms. The van der Waals surface area contributed by atoms with E-state index in [1.54, 1.807) is 0 Å². The normalized spacial score (nSPS) is 12.6. The highest BCUT2D eigenvalue weighted by molar-refractivity contribution is 5.58. The first-order valence-corrected chi connectivity index (χ1v) is 9.49. The van der Waals surface area contributed by atoms with Crippen molar-refractivity contribution in [3.63, 3.8) is 0 Å². The van der Waals surface area contributed by atoms with Crippen molar-refractivity contribution in [2.75, 3.05) is 11.5 Å². The van der Waals surface area contributed by atoms with Gasteiger partial charge in [-0.2, -0.15) is 39.5 Å². The molecule has 0 saturated heterocycles. The number of hydrogen-bond donors (Lipinski definition) is 2. The highest BCUT2D eigenvalue weighted by atomic mass is 19.4. The molecule has 0 heterocycles. The van der Waals surface area contributed by atoms with Gasteiger partial charge in [0.25, 0.3) is 0 Å². The van der Waals surface area contributed by atoms with Crippen LogP contribution in [0.25, 0.3) is 0 Å². The predicted molar refractivity (Wildman–Crippen MR) is 103 cm³/mol. The van der Waals surface area contributed by atoms with E-state index in [1.165, 1.54) is 0 Å². The van der Waals surface area contributed by atoms with Crippen LogP contribution >= 0.6 is 0 Å². The molecule has 0 radical (unpaired) electrons. The molecule has 0 saturated carbocycles. The average molecular weight is 568 g/mol. The SMILES string of the molecule is Nc1c(C(F)(F)F)cc(F)c(Oc2ccc(C(F)(F)F)c(Oc3c(F)cc(C(F)(F)F)c(N)c3F)c2)c1F. The number of benzene rings is 3. The molecule has 0 amide bonds. The Morgan fingerprint density at radius 1 is 0.526 bits per heavy atom. The number of halogens is 13. The third-order valence-electron chi connectivity index (χ3n) is 4.73. The summed E-state index contributed by atoms with van der Waals surface area (Å²) in [5.74, 6) is -14.4. The minimum Gasteiger partial charge on any atom is -0.451 e. The summed E-state index contributed by atoms with van der Waals surface area (Å²) < 4.78 is 184. The van der Waals surface area contributed by atoms with E-state index in [1.807, 2.05) is 0 Å². The van der Waals surface area contributed by atoms with Gasteiger partial charge in [0, 0.05) is 6.07 Å². The van der Waals surface area contributed by atoms with E-state index in [0.717, 1.165) is 0 Å². The van der Waals surface area contributed by atoms with Crippen molar-refractivity contribution in [2.45, 2.75) is 18.5 Å². The number of anilines is 2. The van der Waals surface area contributed by atoms with Crippen LogP contribution in [-0.2, 0) is 18.5 Å². The van der Waals surface area contributed by atoms with Crippen LogP contribution in [0.1, 0.15) is 16.7 Å². The zero-order chi connectivity index (χ0) is 29.0. The smallest absolute Gasteiger partial charge is 0.419 e. The second-order valence-corrected chi connectivity index (χ2v) is 7.28. The van der Waals surface area contributed by atoms with Gasteiger partial charge in [-0.1, -0.05) is 0 Å². The molecule has 0 aromatic heterocycles. The van der Waals surface area contributed by atoms with E-state index in [0.29, 0.717) is 6.07 Å². The molecule has 0 atom stereocenters. The van der Waals surface area contributed by atoms with E-state index >= 15 is 0 Å². The fraction of sp³-hybridized carbons (Fsp3) is 0.143. The fourth-order valence-corrected chi connectivity index (χ4v) is 3.00. The first-order valence-electron chi connectivity index (χ1n) is 9.49. The van der Waals surface area contributed by atoms with Crippen molar-refractivity contribution >= 4 is 11.4 Å². The summed E-state index contributed by atoms with van der Waals surface area (Å²) in [6, 6.07) is 0.0673. The van der Waals surface area contributed by atoms with Gasteiger partial charge in [-0.05, 0) is 24.3 Å². The molecule has 4 N–H and O–H groups in total. The number of ether oxygens (including phenoxy) is 2. The van der Waals surface area contributed by atoms with E-state index in [-0.39, 0.29) is 24.3 Å². The van der Waals surface area contributed by atoms with Crippen molar-refractivity contribution < 1.29 is 66.5 Å². The standard InChI is InChI=1S/C21H9F13N2O2/c22-10-4-8(20(29,30)31)15(35)13(24)17(10)37-6-1-2-7(19(26,27)28)12(3-6)38-18-11(23)5-9(21(32,33)34)16(36)14(18)25/h1-5H,35-36H2. The lowest BCUT2D eigenvalue weighted by atomic mass is 10.1. The molecular formula is C21H9F13N2O2. The monoisotopic (exact) mass is 568 g/mol. The second kappa shape index (κ2) is 9.36. The zero-order valence-electron chi connectivity index (χ0n) is 17.8. The van der Waals surface area contributed by atoms with Gasteiger partial charge in [-0.25, -0.2) is 17.6 Å². The van der Waals surface area contributed by atoms with Crippen LogP contribution in [-0.4, -0.2) is 0 Å². The molecule has 4 nitrogen and oxygen atoms in total. The Morgan fingerprint density at radius 3 is 1.32 bits per heavy atom. The van der Waals surface area contributed by atoms with Gasteiger partial charge in [0.05, 0.1) is 28.1 Å². The molecule has 0 unspecified atom stereocenters. The van der Waals surface area contributed by atoms with Crippen LogP contribution in [0.4, 0.5) is 68.5 Å². The number of nitrogen functional groups attached to an aromatic ring is 2. The maximum Gasteiger partial charge on any atom is 0.419 e. The van der Waals surface area contributed by atoms with Gasteiger partial charge in [0.2, 0.25) is 11.5 Å². The molecule has 0 aliphatic heterocycles. The number of rotatable bonds is 4. The summed E-state index contributed by atoms with van der Waals surface area (Å²) in [6.07, 6.45) is -16.0. The largest absolute Gasteiger partial charge is 0.451 e. The van der Waals surface area contributed by atoms with Gasteiger partial charge in [-0.15, -0.1) is 0 Å². The van der Waals surface area contributed by atoms with Crippen LogP contribution in [0.3, 0.4) is 0 Å². The van der Waals surface area contributed by atoms with Crippen molar-refractivity contribution in [1.29, 1.82) is 0 Å². The Balaban J connectivity index is 2.12. The highest BCUT2D eigenvalue weighted by Crippen LogP contribution is 2.46. The molecule has 3 aromatic rings. The molecule has 3 rings (SSSR count). The summed E-state index contributed by atoms with van der Waals surface area (Å²) in [7, 11) is 0. The first kappa shape index (κ1) is 28.5. The minimum atomic E-state index is -5.35. The lowest BCUT2D eigenvalue weighted by Gasteiger charge is -2.18. The zero-order valence-corrected chi connectivity index (χ0v) is 17.8. The molecule has 0 aliphatic carbocycles. The Bertz CT molecular complexity index is 1400. The molecule has 0 bridgehead atoms. The van der Waals surface area contributed by atoms with Crippen molar-refractivity contribution in [3.8, 4) is 23.0 Å². The Kier molecular flexibility index (Phi) is 7.02. The Morgan fingerprint density at radius 2 is 0.921 bits per heavy atom. The third kappa shape index (κ3) is 5.45. The van der Waals surface area contributed by atoms with Crippen LogP contribution in [0, 0.1) is 23.3 Å². The summed E-state index contributed by atoms with van der Waals surface area (Å²) in [5.41, 5.74) is 0.907. The van der Waals surface area contributed by atoms with Crippen LogP contribution in [0.5, 0.6) is 23.0 Å². The van der Waals surface area contributed by atoms with E-state index < -0.39 is 92.9 Å².